The molecule has 3 aromatic rings. The van der Waals surface area contributed by atoms with Crippen LogP contribution in [0, 0.1) is 0 Å². The summed E-state index contributed by atoms with van der Waals surface area (Å²) in [5, 5.41) is 2.48. The highest BCUT2D eigenvalue weighted by Gasteiger charge is 2.30. The van der Waals surface area contributed by atoms with Crippen LogP contribution in [0.1, 0.15) is 21.6 Å². The Labute approximate surface area is 163 Å². The number of rotatable bonds is 5. The highest BCUT2D eigenvalue weighted by Crippen LogP contribution is 2.29. The van der Waals surface area contributed by atoms with Gasteiger partial charge in [0.25, 0.3) is 5.91 Å². The van der Waals surface area contributed by atoms with E-state index in [4.69, 9.17) is 4.74 Å². The molecule has 6 nitrogen and oxygen atoms in total. The second kappa shape index (κ2) is 8.26. The van der Waals surface area contributed by atoms with Gasteiger partial charge in [0, 0.05) is 18.2 Å². The van der Waals surface area contributed by atoms with Gasteiger partial charge in [-0.1, -0.05) is 12.1 Å². The van der Waals surface area contributed by atoms with E-state index < -0.39 is 29.7 Å². The molecular formula is C20H16F3N3O3. The lowest BCUT2D eigenvalue weighted by molar-refractivity contribution is -0.143. The number of amides is 1. The number of hydrogen-bond donors (Lipinski definition) is 1. The summed E-state index contributed by atoms with van der Waals surface area (Å²) in [6.07, 6.45) is -3.00. The number of halogens is 3. The van der Waals surface area contributed by atoms with E-state index in [9.17, 15) is 22.8 Å². The zero-order valence-electron chi connectivity index (χ0n) is 15.2. The predicted molar refractivity (Wildman–Crippen MR) is 98.0 cm³/mol. The topological polar surface area (TPSA) is 81.2 Å². The molecule has 0 radical (unpaired) electrons. The standard InChI is InChI=1S/C20H16F3N3O3/c1-29-19(28)17(10-14-11-24-15-4-2-3-5-16(15)25-14)26-18(27)12-6-8-13(9-7-12)20(21,22)23/h2-9,11,17H,10H2,1H3,(H,26,27)/t17-/m1/s1. The maximum atomic E-state index is 12.7. The lowest BCUT2D eigenvalue weighted by Crippen LogP contribution is -2.43. The van der Waals surface area contributed by atoms with Gasteiger partial charge in [0.15, 0.2) is 0 Å². The minimum atomic E-state index is -4.50. The monoisotopic (exact) mass is 403 g/mol. The molecule has 0 aliphatic carbocycles. The predicted octanol–water partition coefficient (Wildman–Crippen LogP) is 3.16. The Morgan fingerprint density at radius 2 is 1.72 bits per heavy atom. The van der Waals surface area contributed by atoms with Crippen molar-refractivity contribution in [2.24, 2.45) is 0 Å². The first-order valence-electron chi connectivity index (χ1n) is 8.54. The van der Waals surface area contributed by atoms with Gasteiger partial charge < -0.3 is 10.1 Å². The van der Waals surface area contributed by atoms with E-state index in [1.807, 2.05) is 6.07 Å². The lowest BCUT2D eigenvalue weighted by Gasteiger charge is -2.16. The van der Waals surface area contributed by atoms with Crippen molar-refractivity contribution in [1.29, 1.82) is 0 Å². The van der Waals surface area contributed by atoms with E-state index >= 15 is 0 Å². The molecule has 0 unspecified atom stereocenters. The third kappa shape index (κ3) is 4.87. The highest BCUT2D eigenvalue weighted by atomic mass is 19.4. The van der Waals surface area contributed by atoms with Crippen molar-refractivity contribution in [1.82, 2.24) is 15.3 Å². The van der Waals surface area contributed by atoms with Crippen molar-refractivity contribution in [2.75, 3.05) is 7.11 Å². The van der Waals surface area contributed by atoms with Crippen molar-refractivity contribution in [3.8, 4) is 0 Å². The molecule has 1 atom stereocenters. The van der Waals surface area contributed by atoms with E-state index in [0.717, 1.165) is 24.3 Å². The zero-order chi connectivity index (χ0) is 21.0. The van der Waals surface area contributed by atoms with Crippen molar-refractivity contribution in [3.63, 3.8) is 0 Å². The Hall–Kier alpha value is -3.49. The normalized spacial score (nSPS) is 12.4. The molecule has 0 spiro atoms. The molecule has 3 rings (SSSR count). The van der Waals surface area contributed by atoms with Crippen molar-refractivity contribution >= 4 is 22.9 Å². The molecule has 29 heavy (non-hydrogen) atoms. The summed E-state index contributed by atoms with van der Waals surface area (Å²) in [6, 6.07) is 9.78. The molecule has 2 aromatic carbocycles. The Kier molecular flexibility index (Phi) is 5.76. The van der Waals surface area contributed by atoms with Crippen LogP contribution >= 0.6 is 0 Å². The fraction of sp³-hybridized carbons (Fsp3) is 0.200. The quantitative estimate of drug-likeness (QED) is 0.662. The Bertz CT molecular complexity index is 1040. The molecule has 9 heteroatoms. The van der Waals surface area contributed by atoms with Crippen LogP contribution in [0.25, 0.3) is 11.0 Å². The van der Waals surface area contributed by atoms with Crippen LogP contribution < -0.4 is 5.32 Å². The second-order valence-corrected chi connectivity index (χ2v) is 6.18. The smallest absolute Gasteiger partial charge is 0.416 e. The molecule has 0 aliphatic heterocycles. The Balaban J connectivity index is 1.77. The largest absolute Gasteiger partial charge is 0.467 e. The number of para-hydroxylation sites is 2. The molecule has 1 aromatic heterocycles. The van der Waals surface area contributed by atoms with Crippen LogP contribution in [0.15, 0.2) is 54.7 Å². The first kappa shape index (κ1) is 20.2. The fourth-order valence-electron chi connectivity index (χ4n) is 2.69. The third-order valence-electron chi connectivity index (χ3n) is 4.18. The number of benzene rings is 2. The maximum absolute atomic E-state index is 12.7. The minimum absolute atomic E-state index is 0.0108. The molecule has 1 amide bonds. The number of ether oxygens (including phenoxy) is 1. The first-order chi connectivity index (χ1) is 13.8. The number of nitrogens with zero attached hydrogens (tertiary/aromatic N) is 2. The average molecular weight is 403 g/mol. The maximum Gasteiger partial charge on any atom is 0.416 e. The van der Waals surface area contributed by atoms with Gasteiger partial charge in [0.05, 0.1) is 29.4 Å². The molecule has 1 heterocycles. The van der Waals surface area contributed by atoms with Gasteiger partial charge in [-0.05, 0) is 36.4 Å². The number of esters is 1. The molecular weight excluding hydrogens is 387 g/mol. The molecule has 0 bridgehead atoms. The summed E-state index contributed by atoms with van der Waals surface area (Å²) in [6.45, 7) is 0. The summed E-state index contributed by atoms with van der Waals surface area (Å²) in [7, 11) is 1.17. The van der Waals surface area contributed by atoms with Gasteiger partial charge in [-0.15, -0.1) is 0 Å². The van der Waals surface area contributed by atoms with E-state index in [0.29, 0.717) is 16.7 Å². The molecule has 0 aliphatic rings. The third-order valence-corrected chi connectivity index (χ3v) is 4.18. The van der Waals surface area contributed by atoms with Crippen molar-refractivity contribution in [2.45, 2.75) is 18.6 Å². The fourth-order valence-corrected chi connectivity index (χ4v) is 2.69. The van der Waals surface area contributed by atoms with Gasteiger partial charge in [-0.2, -0.15) is 13.2 Å². The van der Waals surface area contributed by atoms with E-state index in [1.165, 1.54) is 13.3 Å². The number of nitrogens with one attached hydrogen (secondary N) is 1. The molecule has 0 saturated carbocycles. The number of hydrogen-bond acceptors (Lipinski definition) is 5. The summed E-state index contributed by atoms with van der Waals surface area (Å²) < 4.78 is 42.7. The number of methoxy groups -OCH3 is 1. The van der Waals surface area contributed by atoms with Crippen molar-refractivity contribution in [3.05, 3.63) is 71.5 Å². The van der Waals surface area contributed by atoms with E-state index in [2.05, 4.69) is 15.3 Å². The van der Waals surface area contributed by atoms with Crippen LogP contribution in [-0.2, 0) is 22.1 Å². The first-order valence-corrected chi connectivity index (χ1v) is 8.54. The van der Waals surface area contributed by atoms with Crippen LogP contribution in [0.5, 0.6) is 0 Å². The summed E-state index contributed by atoms with van der Waals surface area (Å²) >= 11 is 0. The number of carbonyl (C=O) groups excluding carboxylic acids is 2. The van der Waals surface area contributed by atoms with E-state index in [1.54, 1.807) is 18.2 Å². The van der Waals surface area contributed by atoms with E-state index in [-0.39, 0.29) is 12.0 Å². The van der Waals surface area contributed by atoms with Gasteiger partial charge in [-0.3, -0.25) is 9.78 Å². The SMILES string of the molecule is COC(=O)[C@@H](Cc1cnc2ccccc2n1)NC(=O)c1ccc(C(F)(F)F)cc1. The number of carbonyl (C=O) groups is 2. The number of fused-ring (bicyclic) bond motifs is 1. The molecule has 150 valence electrons. The number of aromatic nitrogens is 2. The minimum Gasteiger partial charge on any atom is -0.467 e. The van der Waals surface area contributed by atoms with Crippen LogP contribution in [0.3, 0.4) is 0 Å². The Morgan fingerprint density at radius 3 is 2.34 bits per heavy atom. The van der Waals surface area contributed by atoms with Gasteiger partial charge in [-0.25, -0.2) is 9.78 Å². The average Bonchev–Trinajstić information content (AvgIpc) is 2.72. The van der Waals surface area contributed by atoms with Crippen LogP contribution in [-0.4, -0.2) is 35.0 Å². The molecule has 0 saturated heterocycles. The van der Waals surface area contributed by atoms with Gasteiger partial charge >= 0.3 is 12.1 Å². The molecule has 0 fully saturated rings. The highest BCUT2D eigenvalue weighted by molar-refractivity contribution is 5.96. The summed E-state index contributed by atoms with van der Waals surface area (Å²) in [5.41, 5.74) is 0.871. The zero-order valence-corrected chi connectivity index (χ0v) is 15.2. The lowest BCUT2D eigenvalue weighted by atomic mass is 10.1. The molecule has 1 N–H and O–H groups in total. The number of alkyl halides is 3. The van der Waals surface area contributed by atoms with Gasteiger partial charge in [0.2, 0.25) is 0 Å². The van der Waals surface area contributed by atoms with Crippen molar-refractivity contribution < 1.29 is 27.5 Å². The summed E-state index contributed by atoms with van der Waals surface area (Å²) in [5.74, 6) is -1.41. The summed E-state index contributed by atoms with van der Waals surface area (Å²) in [4.78, 5) is 33.2. The Morgan fingerprint density at radius 1 is 1.07 bits per heavy atom. The second-order valence-electron chi connectivity index (χ2n) is 6.18. The van der Waals surface area contributed by atoms with Crippen LogP contribution in [0.2, 0.25) is 0 Å². The van der Waals surface area contributed by atoms with Crippen LogP contribution in [0.4, 0.5) is 13.2 Å². The van der Waals surface area contributed by atoms with Gasteiger partial charge in [0.1, 0.15) is 6.04 Å².